The number of amides is 1. The van der Waals surface area contributed by atoms with Crippen LogP contribution >= 0.6 is 0 Å². The maximum atomic E-state index is 13.7. The van der Waals surface area contributed by atoms with E-state index in [1.807, 2.05) is 4.57 Å². The van der Waals surface area contributed by atoms with Gasteiger partial charge in [0, 0.05) is 26.1 Å². The van der Waals surface area contributed by atoms with Gasteiger partial charge in [-0.1, -0.05) is 0 Å². The van der Waals surface area contributed by atoms with Crippen molar-refractivity contribution in [3.63, 3.8) is 0 Å². The van der Waals surface area contributed by atoms with Crippen LogP contribution in [0.25, 0.3) is 0 Å². The van der Waals surface area contributed by atoms with Crippen molar-refractivity contribution in [3.8, 4) is 0 Å². The number of nitrogens with one attached hydrogen (secondary N) is 2. The smallest absolute Gasteiger partial charge is 0.254 e. The van der Waals surface area contributed by atoms with Gasteiger partial charge in [0.1, 0.15) is 17.5 Å². The van der Waals surface area contributed by atoms with Crippen molar-refractivity contribution in [2.45, 2.75) is 25.9 Å². The van der Waals surface area contributed by atoms with Gasteiger partial charge in [-0.2, -0.15) is 0 Å². The number of rotatable bonds is 3. The molecule has 1 amide bonds. The summed E-state index contributed by atoms with van der Waals surface area (Å²) in [7, 11) is 0. The fourth-order valence-corrected chi connectivity index (χ4v) is 2.62. The third-order valence-electron chi connectivity index (χ3n) is 3.80. The van der Waals surface area contributed by atoms with Gasteiger partial charge in [-0.25, -0.2) is 8.78 Å². The van der Waals surface area contributed by atoms with Gasteiger partial charge in [0.25, 0.3) is 5.91 Å². The Hall–Kier alpha value is -2.35. The number of halogens is 2. The Morgan fingerprint density at radius 1 is 1.35 bits per heavy atom. The quantitative estimate of drug-likeness (QED) is 0.891. The molecule has 0 aliphatic carbocycles. The highest BCUT2D eigenvalue weighted by atomic mass is 19.1. The highest BCUT2D eigenvalue weighted by Crippen LogP contribution is 2.16. The van der Waals surface area contributed by atoms with Crippen LogP contribution in [-0.4, -0.2) is 33.8 Å². The summed E-state index contributed by atoms with van der Waals surface area (Å²) in [6, 6.07) is 2.32. The molecule has 2 aromatic rings. The summed E-state index contributed by atoms with van der Waals surface area (Å²) in [4.78, 5) is 12.2. The molecule has 0 saturated heterocycles. The van der Waals surface area contributed by atoms with E-state index in [2.05, 4.69) is 20.8 Å². The largest absolute Gasteiger partial charge is 0.342 e. The molecule has 1 aliphatic heterocycles. The second-order valence-electron chi connectivity index (χ2n) is 5.45. The molecule has 1 atom stereocenters. The number of carbonyl (C=O) groups is 1. The van der Waals surface area contributed by atoms with Crippen LogP contribution in [0.4, 0.5) is 8.78 Å². The zero-order chi connectivity index (χ0) is 16.4. The Bertz CT molecular complexity index is 731. The van der Waals surface area contributed by atoms with Gasteiger partial charge < -0.3 is 15.2 Å². The van der Waals surface area contributed by atoms with Crippen LogP contribution in [0.3, 0.4) is 0 Å². The summed E-state index contributed by atoms with van der Waals surface area (Å²) in [6.07, 6.45) is 0.756. The van der Waals surface area contributed by atoms with Crippen LogP contribution in [-0.2, 0) is 13.0 Å². The first-order chi connectivity index (χ1) is 11.1. The van der Waals surface area contributed by atoms with Gasteiger partial charge in [-0.05, 0) is 25.1 Å². The molecule has 0 unspecified atom stereocenters. The molecule has 1 aromatic heterocycles. The lowest BCUT2D eigenvalue weighted by Gasteiger charge is -2.15. The summed E-state index contributed by atoms with van der Waals surface area (Å²) < 4.78 is 28.8. The fourth-order valence-electron chi connectivity index (χ4n) is 2.62. The standard InChI is InChI=1S/C15H17F2N5O/c1-9(14-21-20-13-4-5-18-6-7-22(13)14)19-15(23)11-8-10(16)2-3-12(11)17/h2-3,8-9,18H,4-7H2,1H3,(H,19,23)/t9-/m0/s1. The van der Waals surface area contributed by atoms with Crippen LogP contribution in [0, 0.1) is 11.6 Å². The van der Waals surface area contributed by atoms with Crippen molar-refractivity contribution in [1.29, 1.82) is 0 Å². The molecule has 1 aliphatic rings. The van der Waals surface area contributed by atoms with Crippen LogP contribution in [0.15, 0.2) is 18.2 Å². The van der Waals surface area contributed by atoms with Gasteiger partial charge in [-0.3, -0.25) is 4.79 Å². The second-order valence-corrected chi connectivity index (χ2v) is 5.45. The van der Waals surface area contributed by atoms with E-state index in [9.17, 15) is 13.6 Å². The minimum Gasteiger partial charge on any atom is -0.342 e. The monoisotopic (exact) mass is 321 g/mol. The van der Waals surface area contributed by atoms with Gasteiger partial charge in [0.15, 0.2) is 5.82 Å². The molecule has 2 heterocycles. The first-order valence-electron chi connectivity index (χ1n) is 7.45. The number of hydrogen-bond donors (Lipinski definition) is 2. The normalized spacial score (nSPS) is 15.6. The summed E-state index contributed by atoms with van der Waals surface area (Å²) in [5, 5.41) is 14.2. The zero-order valence-electron chi connectivity index (χ0n) is 12.6. The van der Waals surface area contributed by atoms with E-state index >= 15 is 0 Å². The summed E-state index contributed by atoms with van der Waals surface area (Å²) in [6.45, 7) is 4.06. The van der Waals surface area contributed by atoms with Crippen molar-refractivity contribution in [1.82, 2.24) is 25.4 Å². The topological polar surface area (TPSA) is 71.8 Å². The SMILES string of the molecule is C[C@H](NC(=O)c1cc(F)ccc1F)c1nnc2n1CCNCC2. The van der Waals surface area contributed by atoms with Crippen molar-refractivity contribution < 1.29 is 13.6 Å². The van der Waals surface area contributed by atoms with Crippen molar-refractivity contribution in [2.24, 2.45) is 0 Å². The second kappa shape index (κ2) is 6.41. The number of carbonyl (C=O) groups excluding carboxylic acids is 1. The average molecular weight is 321 g/mol. The number of nitrogens with zero attached hydrogens (tertiary/aromatic N) is 3. The zero-order valence-corrected chi connectivity index (χ0v) is 12.6. The van der Waals surface area contributed by atoms with E-state index in [-0.39, 0.29) is 5.56 Å². The van der Waals surface area contributed by atoms with E-state index in [0.29, 0.717) is 12.4 Å². The predicted octanol–water partition coefficient (Wildman–Crippen LogP) is 1.19. The maximum absolute atomic E-state index is 13.7. The predicted molar refractivity (Wildman–Crippen MR) is 78.8 cm³/mol. The molecule has 0 spiro atoms. The van der Waals surface area contributed by atoms with Crippen LogP contribution in [0.2, 0.25) is 0 Å². The lowest BCUT2D eigenvalue weighted by molar-refractivity contribution is 0.0933. The molecule has 2 N–H and O–H groups in total. The Morgan fingerprint density at radius 3 is 3.00 bits per heavy atom. The molecule has 0 fully saturated rings. The van der Waals surface area contributed by atoms with Crippen molar-refractivity contribution in [3.05, 3.63) is 47.0 Å². The van der Waals surface area contributed by atoms with E-state index in [0.717, 1.165) is 43.5 Å². The highest BCUT2D eigenvalue weighted by molar-refractivity contribution is 5.94. The number of benzene rings is 1. The first-order valence-corrected chi connectivity index (χ1v) is 7.45. The molecule has 6 nitrogen and oxygen atoms in total. The maximum Gasteiger partial charge on any atom is 0.254 e. The minimum atomic E-state index is -0.764. The molecule has 23 heavy (non-hydrogen) atoms. The Balaban J connectivity index is 1.79. The number of fused-ring (bicyclic) bond motifs is 1. The Morgan fingerprint density at radius 2 is 2.17 bits per heavy atom. The van der Waals surface area contributed by atoms with E-state index in [4.69, 9.17) is 0 Å². The molecule has 0 radical (unpaired) electrons. The molecule has 0 saturated carbocycles. The third kappa shape index (κ3) is 3.21. The van der Waals surface area contributed by atoms with Crippen molar-refractivity contribution >= 4 is 5.91 Å². The molecule has 8 heteroatoms. The third-order valence-corrected chi connectivity index (χ3v) is 3.80. The first kappa shape index (κ1) is 15.5. The Kier molecular flexibility index (Phi) is 4.33. The molecule has 122 valence electrons. The van der Waals surface area contributed by atoms with Crippen LogP contribution in [0.5, 0.6) is 0 Å². The molecule has 3 rings (SSSR count). The summed E-state index contributed by atoms with van der Waals surface area (Å²) in [5.41, 5.74) is -0.325. The summed E-state index contributed by atoms with van der Waals surface area (Å²) >= 11 is 0. The highest BCUT2D eigenvalue weighted by Gasteiger charge is 2.22. The van der Waals surface area contributed by atoms with Gasteiger partial charge >= 0.3 is 0 Å². The minimum absolute atomic E-state index is 0.325. The molecular weight excluding hydrogens is 304 g/mol. The van der Waals surface area contributed by atoms with E-state index in [1.54, 1.807) is 6.92 Å². The van der Waals surface area contributed by atoms with E-state index < -0.39 is 23.6 Å². The van der Waals surface area contributed by atoms with Gasteiger partial charge in [-0.15, -0.1) is 10.2 Å². The van der Waals surface area contributed by atoms with Gasteiger partial charge in [0.2, 0.25) is 0 Å². The fraction of sp³-hybridized carbons (Fsp3) is 0.400. The lowest BCUT2D eigenvalue weighted by Crippen LogP contribution is -2.30. The molecular formula is C15H17F2N5O. The molecule has 0 bridgehead atoms. The summed E-state index contributed by atoms with van der Waals surface area (Å²) in [5.74, 6) is -0.650. The van der Waals surface area contributed by atoms with E-state index in [1.165, 1.54) is 0 Å². The average Bonchev–Trinajstić information content (AvgIpc) is 2.78. The Labute approximate surface area is 131 Å². The number of hydrogen-bond acceptors (Lipinski definition) is 4. The van der Waals surface area contributed by atoms with Gasteiger partial charge in [0.05, 0.1) is 11.6 Å². The van der Waals surface area contributed by atoms with Crippen LogP contribution < -0.4 is 10.6 Å². The molecule has 1 aromatic carbocycles. The van der Waals surface area contributed by atoms with Crippen LogP contribution in [0.1, 0.15) is 35.0 Å². The lowest BCUT2D eigenvalue weighted by atomic mass is 10.1. The number of aromatic nitrogens is 3. The van der Waals surface area contributed by atoms with Crippen molar-refractivity contribution in [2.75, 3.05) is 13.1 Å².